The highest BCUT2D eigenvalue weighted by Crippen LogP contribution is 2.29. The van der Waals surface area contributed by atoms with Gasteiger partial charge in [-0.1, -0.05) is 41.5 Å². The molecular formula is C17H19BrN2OS. The van der Waals surface area contributed by atoms with E-state index in [1.165, 1.54) is 4.90 Å². The molecule has 2 aromatic carbocycles. The summed E-state index contributed by atoms with van der Waals surface area (Å²) in [5.74, 6) is -0.0259. The fourth-order valence-electron chi connectivity index (χ4n) is 1.75. The van der Waals surface area contributed by atoms with Crippen molar-refractivity contribution in [2.75, 3.05) is 11.9 Å². The minimum atomic E-state index is -0.0259. The van der Waals surface area contributed by atoms with Gasteiger partial charge < -0.3 is 10.6 Å². The van der Waals surface area contributed by atoms with Gasteiger partial charge in [-0.15, -0.1) is 0 Å². The Morgan fingerprint density at radius 2 is 1.59 bits per heavy atom. The van der Waals surface area contributed by atoms with Crippen LogP contribution in [0.25, 0.3) is 0 Å². The number of hydrogen-bond donors (Lipinski definition) is 2. The number of rotatable bonds is 6. The van der Waals surface area contributed by atoms with Crippen LogP contribution in [-0.4, -0.2) is 18.5 Å². The van der Waals surface area contributed by atoms with Crippen molar-refractivity contribution in [3.63, 3.8) is 0 Å². The Kier molecular flexibility index (Phi) is 6.49. The molecule has 0 saturated carbocycles. The number of carbonyl (C=O) groups excluding carboxylic acids is 1. The second-order valence-corrected chi connectivity index (χ2v) is 7.23. The molecule has 1 amide bonds. The minimum Gasteiger partial charge on any atom is -0.325 e. The average Bonchev–Trinajstić information content (AvgIpc) is 2.49. The van der Waals surface area contributed by atoms with Crippen LogP contribution in [0.1, 0.15) is 13.8 Å². The fraction of sp³-hybridized carbons (Fsp3) is 0.235. The molecule has 116 valence electrons. The Morgan fingerprint density at radius 3 is 2.14 bits per heavy atom. The molecule has 2 rings (SSSR count). The van der Waals surface area contributed by atoms with Crippen LogP contribution < -0.4 is 10.6 Å². The second kappa shape index (κ2) is 8.36. The molecular weight excluding hydrogens is 360 g/mol. The summed E-state index contributed by atoms with van der Waals surface area (Å²) in [5.41, 5.74) is 0.815. The highest BCUT2D eigenvalue weighted by molar-refractivity contribution is 9.10. The topological polar surface area (TPSA) is 41.1 Å². The molecule has 5 heteroatoms. The highest BCUT2D eigenvalue weighted by Gasteiger charge is 2.03. The van der Waals surface area contributed by atoms with E-state index in [1.807, 2.05) is 50.2 Å². The first kappa shape index (κ1) is 17.1. The summed E-state index contributed by atoms with van der Waals surface area (Å²) in [6.45, 7) is 4.36. The molecule has 0 saturated heterocycles. The lowest BCUT2D eigenvalue weighted by Crippen LogP contribution is -2.32. The van der Waals surface area contributed by atoms with Crippen LogP contribution in [0.2, 0.25) is 0 Å². The number of hydrogen-bond acceptors (Lipinski definition) is 3. The van der Waals surface area contributed by atoms with Crippen LogP contribution in [0, 0.1) is 0 Å². The average molecular weight is 379 g/mol. The monoisotopic (exact) mass is 378 g/mol. The number of anilines is 1. The van der Waals surface area contributed by atoms with Gasteiger partial charge in [-0.05, 0) is 48.5 Å². The molecule has 0 aliphatic heterocycles. The van der Waals surface area contributed by atoms with Gasteiger partial charge in [0.2, 0.25) is 5.91 Å². The number of nitrogens with one attached hydrogen (secondary N) is 2. The molecule has 0 aliphatic carbocycles. The Balaban J connectivity index is 1.90. The largest absolute Gasteiger partial charge is 0.325 e. The van der Waals surface area contributed by atoms with Gasteiger partial charge in [0.15, 0.2) is 0 Å². The first-order valence-electron chi connectivity index (χ1n) is 7.09. The summed E-state index contributed by atoms with van der Waals surface area (Å²) in [4.78, 5) is 14.1. The molecule has 3 nitrogen and oxygen atoms in total. The maximum Gasteiger partial charge on any atom is 0.238 e. The summed E-state index contributed by atoms with van der Waals surface area (Å²) < 4.78 is 1.07. The summed E-state index contributed by atoms with van der Waals surface area (Å²) in [6.07, 6.45) is 0. The number of benzene rings is 2. The highest BCUT2D eigenvalue weighted by atomic mass is 79.9. The maximum atomic E-state index is 11.7. The van der Waals surface area contributed by atoms with E-state index in [2.05, 4.69) is 38.7 Å². The van der Waals surface area contributed by atoms with Gasteiger partial charge in [0, 0.05) is 26.0 Å². The molecule has 0 bridgehead atoms. The van der Waals surface area contributed by atoms with Crippen LogP contribution in [-0.2, 0) is 4.79 Å². The van der Waals surface area contributed by atoms with Gasteiger partial charge >= 0.3 is 0 Å². The number of halogens is 1. The van der Waals surface area contributed by atoms with Crippen LogP contribution >= 0.6 is 27.7 Å². The maximum absolute atomic E-state index is 11.7. The van der Waals surface area contributed by atoms with Crippen molar-refractivity contribution in [1.29, 1.82) is 0 Å². The van der Waals surface area contributed by atoms with Crippen molar-refractivity contribution in [3.05, 3.63) is 53.0 Å². The predicted octanol–water partition coefficient (Wildman–Crippen LogP) is 4.54. The molecule has 0 unspecified atom stereocenters. The van der Waals surface area contributed by atoms with Crippen molar-refractivity contribution >= 4 is 39.3 Å². The molecule has 0 spiro atoms. The van der Waals surface area contributed by atoms with Gasteiger partial charge in [-0.2, -0.15) is 0 Å². The lowest BCUT2D eigenvalue weighted by Gasteiger charge is -2.09. The Hall–Kier alpha value is -1.30. The molecule has 0 atom stereocenters. The van der Waals surface area contributed by atoms with E-state index in [-0.39, 0.29) is 5.91 Å². The van der Waals surface area contributed by atoms with E-state index in [0.717, 1.165) is 15.1 Å². The van der Waals surface area contributed by atoms with Crippen molar-refractivity contribution in [2.45, 2.75) is 29.7 Å². The van der Waals surface area contributed by atoms with E-state index in [9.17, 15) is 4.79 Å². The summed E-state index contributed by atoms with van der Waals surface area (Å²) in [7, 11) is 0. The van der Waals surface area contributed by atoms with Gasteiger partial charge in [0.05, 0.1) is 6.54 Å². The third-order valence-electron chi connectivity index (χ3n) is 2.86. The minimum absolute atomic E-state index is 0.0259. The molecule has 0 aromatic heterocycles. The molecule has 0 aliphatic rings. The van der Waals surface area contributed by atoms with E-state index in [4.69, 9.17) is 0 Å². The lowest BCUT2D eigenvalue weighted by molar-refractivity contribution is -0.115. The van der Waals surface area contributed by atoms with Crippen molar-refractivity contribution in [3.8, 4) is 0 Å². The zero-order chi connectivity index (χ0) is 15.9. The van der Waals surface area contributed by atoms with Crippen LogP contribution in [0.4, 0.5) is 5.69 Å². The summed E-state index contributed by atoms with van der Waals surface area (Å²) in [6, 6.07) is 16.4. The zero-order valence-electron chi connectivity index (χ0n) is 12.6. The van der Waals surface area contributed by atoms with Crippen LogP contribution in [0.15, 0.2) is 62.8 Å². The number of carbonyl (C=O) groups is 1. The Bertz CT molecular complexity index is 612. The first-order chi connectivity index (χ1) is 10.5. The summed E-state index contributed by atoms with van der Waals surface area (Å²) >= 11 is 5.12. The van der Waals surface area contributed by atoms with Gasteiger partial charge in [-0.25, -0.2) is 0 Å². The third-order valence-corrected chi connectivity index (χ3v) is 4.40. The molecule has 2 aromatic rings. The molecule has 0 fully saturated rings. The Morgan fingerprint density at radius 1 is 1.05 bits per heavy atom. The van der Waals surface area contributed by atoms with E-state index in [0.29, 0.717) is 12.6 Å². The Labute approximate surface area is 144 Å². The first-order valence-corrected chi connectivity index (χ1v) is 8.70. The lowest BCUT2D eigenvalue weighted by atomic mass is 10.3. The standard InChI is InChI=1S/C17H19BrN2OS/c1-12(2)19-11-17(21)20-14-5-9-16(10-6-14)22-15-7-3-13(18)4-8-15/h3-10,12,19H,11H2,1-2H3,(H,20,21). The molecule has 2 N–H and O–H groups in total. The van der Waals surface area contributed by atoms with Gasteiger partial charge in [0.1, 0.15) is 0 Å². The van der Waals surface area contributed by atoms with Crippen molar-refractivity contribution in [2.24, 2.45) is 0 Å². The van der Waals surface area contributed by atoms with Crippen LogP contribution in [0.3, 0.4) is 0 Å². The van der Waals surface area contributed by atoms with Gasteiger partial charge in [0.25, 0.3) is 0 Å². The number of amides is 1. The summed E-state index contributed by atoms with van der Waals surface area (Å²) in [5, 5.41) is 5.97. The molecule has 22 heavy (non-hydrogen) atoms. The third kappa shape index (κ3) is 5.83. The van der Waals surface area contributed by atoms with Crippen LogP contribution in [0.5, 0.6) is 0 Å². The predicted molar refractivity (Wildman–Crippen MR) is 96.5 cm³/mol. The van der Waals surface area contributed by atoms with E-state index in [1.54, 1.807) is 11.8 Å². The van der Waals surface area contributed by atoms with Crippen molar-refractivity contribution in [1.82, 2.24) is 5.32 Å². The molecule has 0 heterocycles. The zero-order valence-corrected chi connectivity index (χ0v) is 15.0. The van der Waals surface area contributed by atoms with Crippen molar-refractivity contribution < 1.29 is 4.79 Å². The normalized spacial score (nSPS) is 10.7. The fourth-order valence-corrected chi connectivity index (χ4v) is 2.83. The SMILES string of the molecule is CC(C)NCC(=O)Nc1ccc(Sc2ccc(Br)cc2)cc1. The van der Waals surface area contributed by atoms with E-state index < -0.39 is 0 Å². The van der Waals surface area contributed by atoms with Gasteiger partial charge in [-0.3, -0.25) is 4.79 Å². The quantitative estimate of drug-likeness (QED) is 0.775. The molecule has 0 radical (unpaired) electrons. The smallest absolute Gasteiger partial charge is 0.238 e. The second-order valence-electron chi connectivity index (χ2n) is 5.16. The van der Waals surface area contributed by atoms with E-state index >= 15 is 0 Å².